The Balaban J connectivity index is 2.68. The fourth-order valence-electron chi connectivity index (χ4n) is 2.45. The van der Waals surface area contributed by atoms with Gasteiger partial charge >= 0.3 is 6.03 Å². The molecule has 3 N–H and O–H groups in total. The van der Waals surface area contributed by atoms with E-state index in [1.54, 1.807) is 25.9 Å². The molecule has 1 rings (SSSR count). The average molecular weight is 301 g/mol. The SMILES string of the molecule is CCC(CO)(CO)NC(=O)C1CCCN(C(=O)N(C)C)C1. The summed E-state index contributed by atoms with van der Waals surface area (Å²) in [5, 5.41) is 21.5. The number of aliphatic hydroxyl groups excluding tert-OH is 2. The number of nitrogens with one attached hydrogen (secondary N) is 1. The molecule has 122 valence electrons. The molecule has 0 aromatic carbocycles. The van der Waals surface area contributed by atoms with Crippen LogP contribution in [0.3, 0.4) is 0 Å². The average Bonchev–Trinajstić information content (AvgIpc) is 2.51. The molecule has 3 amide bonds. The number of likely N-dealkylation sites (tertiary alicyclic amines) is 1. The molecule has 7 heteroatoms. The van der Waals surface area contributed by atoms with Crippen molar-refractivity contribution in [2.45, 2.75) is 31.7 Å². The Kier molecular flexibility index (Phi) is 6.42. The van der Waals surface area contributed by atoms with Crippen molar-refractivity contribution in [3.63, 3.8) is 0 Å². The highest BCUT2D eigenvalue weighted by Crippen LogP contribution is 2.19. The molecule has 0 bridgehead atoms. The topological polar surface area (TPSA) is 93.1 Å². The molecule has 1 unspecified atom stereocenters. The third kappa shape index (κ3) is 4.31. The molecule has 1 aliphatic heterocycles. The van der Waals surface area contributed by atoms with Crippen molar-refractivity contribution in [2.75, 3.05) is 40.4 Å². The Bertz CT molecular complexity index is 361. The van der Waals surface area contributed by atoms with Crippen LogP contribution in [0.2, 0.25) is 0 Å². The molecule has 0 radical (unpaired) electrons. The number of hydrogen-bond acceptors (Lipinski definition) is 4. The van der Waals surface area contributed by atoms with Crippen LogP contribution in [0.4, 0.5) is 4.79 Å². The van der Waals surface area contributed by atoms with Crippen LogP contribution in [0.25, 0.3) is 0 Å². The highest BCUT2D eigenvalue weighted by molar-refractivity contribution is 5.81. The minimum absolute atomic E-state index is 0.0985. The van der Waals surface area contributed by atoms with Crippen LogP contribution in [-0.4, -0.2) is 77.9 Å². The zero-order valence-corrected chi connectivity index (χ0v) is 13.1. The summed E-state index contributed by atoms with van der Waals surface area (Å²) in [6.07, 6.45) is 1.92. The monoisotopic (exact) mass is 301 g/mol. The Labute approximate surface area is 125 Å². The van der Waals surface area contributed by atoms with E-state index in [1.165, 1.54) is 4.90 Å². The Morgan fingerprint density at radius 2 is 1.95 bits per heavy atom. The van der Waals surface area contributed by atoms with Gasteiger partial charge in [-0.05, 0) is 19.3 Å². The highest BCUT2D eigenvalue weighted by Gasteiger charge is 2.34. The van der Waals surface area contributed by atoms with Crippen molar-refractivity contribution in [1.82, 2.24) is 15.1 Å². The lowest BCUT2D eigenvalue weighted by Gasteiger charge is -2.36. The number of carbonyl (C=O) groups is 2. The van der Waals surface area contributed by atoms with Gasteiger partial charge in [-0.2, -0.15) is 0 Å². The maximum Gasteiger partial charge on any atom is 0.319 e. The Hall–Kier alpha value is -1.34. The van der Waals surface area contributed by atoms with Gasteiger partial charge in [-0.3, -0.25) is 4.79 Å². The van der Waals surface area contributed by atoms with Crippen LogP contribution >= 0.6 is 0 Å². The lowest BCUT2D eigenvalue weighted by atomic mass is 9.93. The number of carbonyl (C=O) groups excluding carboxylic acids is 2. The minimum atomic E-state index is -0.981. The number of urea groups is 1. The zero-order chi connectivity index (χ0) is 16.0. The number of aliphatic hydroxyl groups is 2. The second kappa shape index (κ2) is 7.61. The Morgan fingerprint density at radius 3 is 2.43 bits per heavy atom. The van der Waals surface area contributed by atoms with Gasteiger partial charge in [-0.25, -0.2) is 4.79 Å². The summed E-state index contributed by atoms with van der Waals surface area (Å²) in [5.74, 6) is -0.511. The first-order chi connectivity index (χ1) is 9.89. The minimum Gasteiger partial charge on any atom is -0.394 e. The van der Waals surface area contributed by atoms with Crippen LogP contribution < -0.4 is 5.32 Å². The van der Waals surface area contributed by atoms with Gasteiger partial charge in [0.2, 0.25) is 5.91 Å². The molecule has 1 atom stereocenters. The summed E-state index contributed by atoms with van der Waals surface area (Å²) in [6, 6.07) is -0.0985. The highest BCUT2D eigenvalue weighted by atomic mass is 16.3. The summed E-state index contributed by atoms with van der Waals surface area (Å²) in [5.41, 5.74) is -0.981. The van der Waals surface area contributed by atoms with Crippen LogP contribution in [0.5, 0.6) is 0 Å². The molecule has 21 heavy (non-hydrogen) atoms. The summed E-state index contributed by atoms with van der Waals surface area (Å²) in [6.45, 7) is 2.21. The maximum atomic E-state index is 12.3. The van der Waals surface area contributed by atoms with Crippen LogP contribution in [0.1, 0.15) is 26.2 Å². The maximum absolute atomic E-state index is 12.3. The predicted octanol–water partition coefficient (Wildman–Crippen LogP) is -0.370. The van der Waals surface area contributed by atoms with E-state index in [9.17, 15) is 19.8 Å². The van der Waals surface area contributed by atoms with Crippen molar-refractivity contribution < 1.29 is 19.8 Å². The van der Waals surface area contributed by atoms with Gasteiger partial charge in [-0.1, -0.05) is 6.92 Å². The molecule has 1 heterocycles. The van der Waals surface area contributed by atoms with Gasteiger partial charge in [0.15, 0.2) is 0 Å². The largest absolute Gasteiger partial charge is 0.394 e. The molecule has 0 aromatic heterocycles. The number of piperidine rings is 1. The summed E-state index contributed by atoms with van der Waals surface area (Å²) >= 11 is 0. The van der Waals surface area contributed by atoms with Crippen molar-refractivity contribution in [3.8, 4) is 0 Å². The number of rotatable bonds is 5. The lowest BCUT2D eigenvalue weighted by molar-refractivity contribution is -0.129. The number of hydrogen-bond donors (Lipinski definition) is 3. The van der Waals surface area contributed by atoms with E-state index in [-0.39, 0.29) is 31.1 Å². The molecule has 0 aromatic rings. The molecule has 1 aliphatic rings. The second-order valence-electron chi connectivity index (χ2n) is 5.90. The summed E-state index contributed by atoms with van der Waals surface area (Å²) < 4.78 is 0. The van der Waals surface area contributed by atoms with Crippen molar-refractivity contribution >= 4 is 11.9 Å². The van der Waals surface area contributed by atoms with Gasteiger partial charge in [0.25, 0.3) is 0 Å². The first-order valence-electron chi connectivity index (χ1n) is 7.39. The smallest absolute Gasteiger partial charge is 0.319 e. The number of nitrogens with zero attached hydrogens (tertiary/aromatic N) is 2. The molecular formula is C14H27N3O4. The van der Waals surface area contributed by atoms with Crippen molar-refractivity contribution in [1.29, 1.82) is 0 Å². The van der Waals surface area contributed by atoms with E-state index in [0.717, 1.165) is 6.42 Å². The third-order valence-electron chi connectivity index (χ3n) is 4.12. The van der Waals surface area contributed by atoms with Gasteiger partial charge in [0.1, 0.15) is 0 Å². The van der Waals surface area contributed by atoms with E-state index in [1.807, 2.05) is 0 Å². The summed E-state index contributed by atoms with van der Waals surface area (Å²) in [4.78, 5) is 27.5. The molecule has 0 saturated carbocycles. The first kappa shape index (κ1) is 17.7. The lowest BCUT2D eigenvalue weighted by Crippen LogP contribution is -2.57. The Morgan fingerprint density at radius 1 is 1.33 bits per heavy atom. The quantitative estimate of drug-likeness (QED) is 0.646. The van der Waals surface area contributed by atoms with Crippen molar-refractivity contribution in [3.05, 3.63) is 0 Å². The van der Waals surface area contributed by atoms with Gasteiger partial charge < -0.3 is 25.3 Å². The van der Waals surface area contributed by atoms with Crippen molar-refractivity contribution in [2.24, 2.45) is 5.92 Å². The van der Waals surface area contributed by atoms with E-state index in [4.69, 9.17) is 0 Å². The van der Waals surface area contributed by atoms with E-state index < -0.39 is 5.54 Å². The van der Waals surface area contributed by atoms with E-state index in [0.29, 0.717) is 25.9 Å². The standard InChI is InChI=1S/C14H27N3O4/c1-4-14(9-18,10-19)15-12(20)11-6-5-7-17(8-11)13(21)16(2)3/h11,18-19H,4-10H2,1-3H3,(H,15,20). The van der Waals surface area contributed by atoms with Gasteiger partial charge in [0.05, 0.1) is 24.7 Å². The van der Waals surface area contributed by atoms with E-state index in [2.05, 4.69) is 5.32 Å². The van der Waals surface area contributed by atoms with E-state index >= 15 is 0 Å². The van der Waals surface area contributed by atoms with Crippen LogP contribution in [0.15, 0.2) is 0 Å². The van der Waals surface area contributed by atoms with Crippen LogP contribution in [-0.2, 0) is 4.79 Å². The second-order valence-corrected chi connectivity index (χ2v) is 5.90. The number of amides is 3. The fraction of sp³-hybridized carbons (Fsp3) is 0.857. The fourth-order valence-corrected chi connectivity index (χ4v) is 2.45. The predicted molar refractivity (Wildman–Crippen MR) is 78.7 cm³/mol. The first-order valence-corrected chi connectivity index (χ1v) is 7.39. The molecule has 0 spiro atoms. The van der Waals surface area contributed by atoms with Crippen LogP contribution in [0, 0.1) is 5.92 Å². The molecule has 7 nitrogen and oxygen atoms in total. The normalized spacial score (nSPS) is 19.3. The molecular weight excluding hydrogens is 274 g/mol. The molecule has 1 fully saturated rings. The molecule has 1 saturated heterocycles. The summed E-state index contributed by atoms with van der Waals surface area (Å²) in [7, 11) is 3.37. The third-order valence-corrected chi connectivity index (χ3v) is 4.12. The van der Waals surface area contributed by atoms with Gasteiger partial charge in [0, 0.05) is 27.2 Å². The zero-order valence-electron chi connectivity index (χ0n) is 13.1. The molecule has 0 aliphatic carbocycles. The van der Waals surface area contributed by atoms with Gasteiger partial charge in [-0.15, -0.1) is 0 Å².